The summed E-state index contributed by atoms with van der Waals surface area (Å²) in [6, 6.07) is 9.74. The maximum absolute atomic E-state index is 14.7. The van der Waals surface area contributed by atoms with Crippen molar-refractivity contribution in [3.63, 3.8) is 0 Å². The van der Waals surface area contributed by atoms with Crippen molar-refractivity contribution in [3.05, 3.63) is 76.6 Å². The first-order valence-corrected chi connectivity index (χ1v) is 12.0. The summed E-state index contributed by atoms with van der Waals surface area (Å²) >= 11 is 0. The Morgan fingerprint density at radius 2 is 2.06 bits per heavy atom. The van der Waals surface area contributed by atoms with E-state index in [0.29, 0.717) is 36.8 Å². The molecule has 1 saturated carbocycles. The van der Waals surface area contributed by atoms with Gasteiger partial charge in [0.15, 0.2) is 5.69 Å². The van der Waals surface area contributed by atoms with Crippen LogP contribution in [-0.4, -0.2) is 37.8 Å². The Bertz CT molecular complexity index is 1520. The lowest BCUT2D eigenvalue weighted by Gasteiger charge is -2.26. The van der Waals surface area contributed by atoms with Crippen LogP contribution in [0.2, 0.25) is 0 Å². The molecular weight excluding hydrogens is 445 g/mol. The molecule has 7 rings (SSSR count). The van der Waals surface area contributed by atoms with E-state index in [4.69, 9.17) is 4.74 Å². The summed E-state index contributed by atoms with van der Waals surface area (Å²) in [6.45, 7) is 3.45. The van der Waals surface area contributed by atoms with Gasteiger partial charge in [0.1, 0.15) is 17.9 Å². The van der Waals surface area contributed by atoms with Crippen LogP contribution in [0.15, 0.2) is 42.9 Å². The van der Waals surface area contributed by atoms with Crippen molar-refractivity contribution in [1.82, 2.24) is 19.3 Å². The summed E-state index contributed by atoms with van der Waals surface area (Å²) in [4.78, 5) is 24.8. The highest BCUT2D eigenvalue weighted by Crippen LogP contribution is 2.38. The Labute approximate surface area is 201 Å². The zero-order valence-corrected chi connectivity index (χ0v) is 19.3. The largest absolute Gasteiger partial charge is 0.493 e. The fraction of sp³-hybridized carbons (Fsp3) is 0.296. The lowest BCUT2D eigenvalue weighted by molar-refractivity contribution is 0.0726. The van der Waals surface area contributed by atoms with Crippen LogP contribution in [0.3, 0.4) is 0 Å². The first-order chi connectivity index (χ1) is 17.1. The second kappa shape index (κ2) is 7.53. The first kappa shape index (κ1) is 20.4. The minimum Gasteiger partial charge on any atom is -0.493 e. The number of aromatic nitrogens is 3. The molecule has 4 heterocycles. The van der Waals surface area contributed by atoms with Gasteiger partial charge in [0.05, 0.1) is 12.1 Å². The highest BCUT2D eigenvalue weighted by Gasteiger charge is 2.37. The SMILES string of the molecule is Cc1ccc2c(c1)CN(C1CC1)C(=O)c1ncn3c(NCc4c(F)ccc5c4CCO5)ncc-2c13. The number of amides is 1. The van der Waals surface area contributed by atoms with Crippen molar-refractivity contribution >= 4 is 17.4 Å². The number of rotatable bonds is 4. The number of hydrogen-bond acceptors (Lipinski definition) is 5. The average Bonchev–Trinajstić information content (AvgIpc) is 3.40. The van der Waals surface area contributed by atoms with E-state index in [9.17, 15) is 9.18 Å². The molecule has 3 aliphatic rings. The second-order valence-electron chi connectivity index (χ2n) is 9.59. The van der Waals surface area contributed by atoms with Crippen molar-refractivity contribution in [1.29, 1.82) is 0 Å². The molecule has 1 fully saturated rings. The fourth-order valence-corrected chi connectivity index (χ4v) is 5.36. The maximum Gasteiger partial charge on any atom is 0.275 e. The van der Waals surface area contributed by atoms with Crippen molar-refractivity contribution in [2.45, 2.75) is 45.3 Å². The topological polar surface area (TPSA) is 71.8 Å². The number of aryl methyl sites for hydroxylation is 1. The van der Waals surface area contributed by atoms with Crippen LogP contribution in [0, 0.1) is 12.7 Å². The number of ether oxygens (including phenoxy) is 1. The molecule has 7 nitrogen and oxygen atoms in total. The second-order valence-corrected chi connectivity index (χ2v) is 9.59. The van der Waals surface area contributed by atoms with E-state index in [1.54, 1.807) is 18.6 Å². The monoisotopic (exact) mass is 469 g/mol. The molecule has 2 aromatic heterocycles. The molecule has 1 amide bonds. The molecule has 1 N–H and O–H groups in total. The van der Waals surface area contributed by atoms with E-state index in [0.717, 1.165) is 51.9 Å². The third kappa shape index (κ3) is 3.20. The molecule has 0 unspecified atom stereocenters. The molecular formula is C27H24FN5O2. The maximum atomic E-state index is 14.7. The predicted molar refractivity (Wildman–Crippen MR) is 129 cm³/mol. The van der Waals surface area contributed by atoms with Crippen LogP contribution in [0.25, 0.3) is 16.6 Å². The van der Waals surface area contributed by atoms with E-state index in [1.807, 2.05) is 9.30 Å². The van der Waals surface area contributed by atoms with Gasteiger partial charge in [0, 0.05) is 48.4 Å². The van der Waals surface area contributed by atoms with Crippen molar-refractivity contribution in [3.8, 4) is 16.9 Å². The normalized spacial score (nSPS) is 16.5. The molecule has 4 aromatic rings. The van der Waals surface area contributed by atoms with Gasteiger partial charge in [-0.05, 0) is 43.0 Å². The summed E-state index contributed by atoms with van der Waals surface area (Å²) in [5, 5.41) is 3.28. The lowest BCUT2D eigenvalue weighted by atomic mass is 9.95. The zero-order chi connectivity index (χ0) is 23.7. The van der Waals surface area contributed by atoms with Crippen LogP contribution in [0.4, 0.5) is 10.3 Å². The van der Waals surface area contributed by atoms with Crippen LogP contribution < -0.4 is 10.1 Å². The number of nitrogens with one attached hydrogen (secondary N) is 1. The Morgan fingerprint density at radius 1 is 1.17 bits per heavy atom. The minimum absolute atomic E-state index is 0.0513. The van der Waals surface area contributed by atoms with Crippen LogP contribution in [0.5, 0.6) is 5.75 Å². The smallest absolute Gasteiger partial charge is 0.275 e. The highest BCUT2D eigenvalue weighted by molar-refractivity contribution is 6.04. The number of hydrogen-bond donors (Lipinski definition) is 1. The number of carbonyl (C=O) groups excluding carboxylic acids is 1. The van der Waals surface area contributed by atoms with Gasteiger partial charge in [0.2, 0.25) is 5.95 Å². The number of anilines is 1. The summed E-state index contributed by atoms with van der Waals surface area (Å²) in [7, 11) is 0. The first-order valence-electron chi connectivity index (χ1n) is 12.0. The van der Waals surface area contributed by atoms with Crippen molar-refractivity contribution in [2.75, 3.05) is 11.9 Å². The number of benzene rings is 2. The van der Waals surface area contributed by atoms with E-state index in [-0.39, 0.29) is 24.3 Å². The van der Waals surface area contributed by atoms with Crippen LogP contribution in [0.1, 0.15) is 45.6 Å². The highest BCUT2D eigenvalue weighted by atomic mass is 19.1. The molecule has 0 spiro atoms. The zero-order valence-electron chi connectivity index (χ0n) is 19.3. The molecule has 2 aromatic carbocycles. The summed E-state index contributed by atoms with van der Waals surface area (Å²) < 4.78 is 22.1. The summed E-state index contributed by atoms with van der Waals surface area (Å²) in [6.07, 6.45) is 6.17. The Morgan fingerprint density at radius 3 is 2.91 bits per heavy atom. The van der Waals surface area contributed by atoms with Gasteiger partial charge in [-0.2, -0.15) is 0 Å². The Kier molecular flexibility index (Phi) is 4.40. The third-order valence-corrected chi connectivity index (χ3v) is 7.27. The van der Waals surface area contributed by atoms with E-state index in [1.165, 1.54) is 6.07 Å². The van der Waals surface area contributed by atoms with Gasteiger partial charge in [-0.1, -0.05) is 23.8 Å². The van der Waals surface area contributed by atoms with E-state index >= 15 is 0 Å². The molecule has 0 bridgehead atoms. The van der Waals surface area contributed by atoms with Gasteiger partial charge >= 0.3 is 0 Å². The number of halogens is 1. The number of carbonyl (C=O) groups is 1. The van der Waals surface area contributed by atoms with Crippen LogP contribution in [-0.2, 0) is 19.5 Å². The van der Waals surface area contributed by atoms with Gasteiger partial charge in [-0.3, -0.25) is 9.20 Å². The predicted octanol–water partition coefficient (Wildman–Crippen LogP) is 4.51. The van der Waals surface area contributed by atoms with Crippen molar-refractivity contribution < 1.29 is 13.9 Å². The minimum atomic E-state index is -0.269. The quantitative estimate of drug-likeness (QED) is 0.476. The summed E-state index contributed by atoms with van der Waals surface area (Å²) in [5.41, 5.74) is 6.84. The van der Waals surface area contributed by atoms with Gasteiger partial charge in [-0.25, -0.2) is 14.4 Å². The van der Waals surface area contributed by atoms with Crippen molar-refractivity contribution in [2.24, 2.45) is 0 Å². The van der Waals surface area contributed by atoms with Crippen LogP contribution >= 0.6 is 0 Å². The molecule has 0 saturated heterocycles. The molecule has 0 radical (unpaired) electrons. The lowest BCUT2D eigenvalue weighted by Crippen LogP contribution is -2.34. The standard InChI is InChI=1S/C27H24FN5O2/c1-15-2-5-18-16(10-15)13-32(17-3-4-17)26(34)24-25-21(18)12-30-27(33(25)14-31-24)29-11-20-19-8-9-35-23(19)7-6-22(20)28/h2,5-7,10,12,14,17H,3-4,8-9,11,13H2,1H3,(H,29,30). The Hall–Kier alpha value is -3.94. The molecule has 176 valence electrons. The van der Waals surface area contributed by atoms with Gasteiger partial charge in [0.25, 0.3) is 5.91 Å². The third-order valence-electron chi connectivity index (χ3n) is 7.27. The number of fused-ring (bicyclic) bond motifs is 3. The van der Waals surface area contributed by atoms with Gasteiger partial charge < -0.3 is 15.0 Å². The number of nitrogens with zero attached hydrogens (tertiary/aromatic N) is 4. The molecule has 35 heavy (non-hydrogen) atoms. The van der Waals surface area contributed by atoms with E-state index < -0.39 is 0 Å². The molecule has 0 atom stereocenters. The van der Waals surface area contributed by atoms with Gasteiger partial charge in [-0.15, -0.1) is 0 Å². The number of imidazole rings is 1. The Balaban J connectivity index is 1.35. The summed E-state index contributed by atoms with van der Waals surface area (Å²) in [5.74, 6) is 0.930. The molecule has 2 aliphatic heterocycles. The fourth-order valence-electron chi connectivity index (χ4n) is 5.36. The average molecular weight is 470 g/mol. The molecule has 1 aliphatic carbocycles. The van der Waals surface area contributed by atoms with E-state index in [2.05, 4.69) is 40.4 Å². The molecule has 8 heteroatoms.